The minimum atomic E-state index is -4.76. The van der Waals surface area contributed by atoms with Gasteiger partial charge in [-0.3, -0.25) is 4.98 Å². The maximum atomic E-state index is 12.0. The molecule has 0 aliphatic heterocycles. The second kappa shape index (κ2) is 4.67. The smallest absolute Gasteiger partial charge is 0.404 e. The lowest BCUT2D eigenvalue weighted by Gasteiger charge is -2.13. The number of pyridine rings is 1. The van der Waals surface area contributed by atoms with Crippen molar-refractivity contribution in [2.45, 2.75) is 26.4 Å². The number of nitrogens with zero attached hydrogens (tertiary/aromatic N) is 1. The fourth-order valence-corrected chi connectivity index (χ4v) is 1.22. The highest BCUT2D eigenvalue weighted by molar-refractivity contribution is 5.35. The van der Waals surface area contributed by atoms with E-state index in [-0.39, 0.29) is 24.5 Å². The highest BCUT2D eigenvalue weighted by Gasteiger charge is 2.32. The average Bonchev–Trinajstić information content (AvgIpc) is 2.18. The van der Waals surface area contributed by atoms with Gasteiger partial charge in [0.25, 0.3) is 0 Å². The maximum Gasteiger partial charge on any atom is 0.573 e. The van der Waals surface area contributed by atoms with E-state index in [1.807, 2.05) is 0 Å². The van der Waals surface area contributed by atoms with E-state index in [1.165, 1.54) is 6.92 Å². The Morgan fingerprint density at radius 1 is 1.50 bits per heavy atom. The van der Waals surface area contributed by atoms with Crippen LogP contribution < -0.4 is 10.5 Å². The van der Waals surface area contributed by atoms with Crippen molar-refractivity contribution in [3.05, 3.63) is 23.0 Å². The first-order valence-corrected chi connectivity index (χ1v) is 4.43. The van der Waals surface area contributed by atoms with Crippen LogP contribution in [0.5, 0.6) is 5.75 Å². The molecule has 0 fully saturated rings. The average molecular weight is 236 g/mol. The molecular formula is C9H11F3N2O2. The van der Waals surface area contributed by atoms with E-state index in [2.05, 4.69) is 9.72 Å². The number of alkyl halides is 3. The monoisotopic (exact) mass is 236 g/mol. The second-order valence-corrected chi connectivity index (χ2v) is 3.09. The molecule has 1 aromatic heterocycles. The summed E-state index contributed by atoms with van der Waals surface area (Å²) in [5.41, 5.74) is 5.96. The third-order valence-corrected chi connectivity index (χ3v) is 1.93. The highest BCUT2D eigenvalue weighted by Crippen LogP contribution is 2.26. The quantitative estimate of drug-likeness (QED) is 0.828. The van der Waals surface area contributed by atoms with Crippen molar-refractivity contribution in [3.63, 3.8) is 0 Å². The van der Waals surface area contributed by atoms with Gasteiger partial charge in [-0.1, -0.05) is 0 Å². The van der Waals surface area contributed by atoms with Gasteiger partial charge >= 0.3 is 6.36 Å². The summed E-state index contributed by atoms with van der Waals surface area (Å²) >= 11 is 0. The molecule has 0 radical (unpaired) electrons. The van der Waals surface area contributed by atoms with Gasteiger partial charge in [0.15, 0.2) is 5.75 Å². The second-order valence-electron chi connectivity index (χ2n) is 3.09. The summed E-state index contributed by atoms with van der Waals surface area (Å²) < 4.78 is 39.8. The number of aliphatic hydroxyl groups excluding tert-OH is 1. The van der Waals surface area contributed by atoms with Crippen molar-refractivity contribution in [2.24, 2.45) is 5.73 Å². The summed E-state index contributed by atoms with van der Waals surface area (Å²) in [6.45, 7) is 0.970. The van der Waals surface area contributed by atoms with Crippen molar-refractivity contribution in [2.75, 3.05) is 0 Å². The number of aromatic nitrogens is 1. The van der Waals surface area contributed by atoms with Crippen LogP contribution in [-0.4, -0.2) is 16.5 Å². The van der Waals surface area contributed by atoms with E-state index in [0.29, 0.717) is 5.56 Å². The lowest BCUT2D eigenvalue weighted by atomic mass is 10.1. The first kappa shape index (κ1) is 12.7. The van der Waals surface area contributed by atoms with Crippen molar-refractivity contribution in [1.82, 2.24) is 4.98 Å². The molecule has 0 bridgehead atoms. The molecule has 0 spiro atoms. The summed E-state index contributed by atoms with van der Waals surface area (Å²) in [6.07, 6.45) is -4.76. The highest BCUT2D eigenvalue weighted by atomic mass is 19.4. The molecule has 3 N–H and O–H groups in total. The Labute approximate surface area is 89.9 Å². The number of halogens is 3. The van der Waals surface area contributed by atoms with Crippen LogP contribution in [0.15, 0.2) is 6.07 Å². The number of ether oxygens (including phenoxy) is 1. The normalized spacial score (nSPS) is 11.6. The summed E-state index contributed by atoms with van der Waals surface area (Å²) in [5.74, 6) is -0.398. The first-order chi connectivity index (χ1) is 7.37. The maximum absolute atomic E-state index is 12.0. The number of nitrogens with two attached hydrogens (primary N) is 1. The molecular weight excluding hydrogens is 225 g/mol. The van der Waals surface area contributed by atoms with Gasteiger partial charge in [0, 0.05) is 6.54 Å². The SMILES string of the molecule is Cc1nc(CO)c(CN)cc1OC(F)(F)F. The van der Waals surface area contributed by atoms with Gasteiger partial charge < -0.3 is 15.6 Å². The molecule has 0 aliphatic rings. The molecule has 0 unspecified atom stereocenters. The topological polar surface area (TPSA) is 68.4 Å². The van der Waals surface area contributed by atoms with E-state index < -0.39 is 12.1 Å². The fourth-order valence-electron chi connectivity index (χ4n) is 1.22. The van der Waals surface area contributed by atoms with Crippen molar-refractivity contribution >= 4 is 0 Å². The van der Waals surface area contributed by atoms with Crippen LogP contribution in [0.4, 0.5) is 13.2 Å². The number of aliphatic hydroxyl groups is 1. The van der Waals surface area contributed by atoms with Crippen LogP contribution in [0.3, 0.4) is 0 Å². The number of rotatable bonds is 3. The molecule has 0 atom stereocenters. The summed E-state index contributed by atoms with van der Waals surface area (Å²) in [5, 5.41) is 8.92. The minimum absolute atomic E-state index is 0.0165. The van der Waals surface area contributed by atoms with Crippen LogP contribution in [-0.2, 0) is 13.2 Å². The Hall–Kier alpha value is -1.34. The van der Waals surface area contributed by atoms with Gasteiger partial charge in [0.1, 0.15) is 0 Å². The molecule has 1 aromatic rings. The van der Waals surface area contributed by atoms with E-state index >= 15 is 0 Å². The molecule has 4 nitrogen and oxygen atoms in total. The van der Waals surface area contributed by atoms with Gasteiger partial charge in [-0.25, -0.2) is 0 Å². The first-order valence-electron chi connectivity index (χ1n) is 4.43. The number of hydrogen-bond acceptors (Lipinski definition) is 4. The molecule has 0 saturated carbocycles. The lowest BCUT2D eigenvalue weighted by molar-refractivity contribution is -0.275. The van der Waals surface area contributed by atoms with E-state index in [1.54, 1.807) is 0 Å². The van der Waals surface area contributed by atoms with E-state index in [9.17, 15) is 13.2 Å². The molecule has 90 valence electrons. The third-order valence-electron chi connectivity index (χ3n) is 1.93. The Balaban J connectivity index is 3.11. The van der Waals surface area contributed by atoms with Gasteiger partial charge in [-0.2, -0.15) is 0 Å². The molecule has 0 aromatic carbocycles. The number of hydrogen-bond donors (Lipinski definition) is 2. The van der Waals surface area contributed by atoms with Crippen LogP contribution in [0, 0.1) is 6.92 Å². The fraction of sp³-hybridized carbons (Fsp3) is 0.444. The van der Waals surface area contributed by atoms with Gasteiger partial charge in [0.05, 0.1) is 18.0 Å². The standard InChI is InChI=1S/C9H11F3N2O2/c1-5-8(16-9(10,11)12)2-6(3-13)7(4-15)14-5/h2,15H,3-4,13H2,1H3. The Morgan fingerprint density at radius 2 is 2.12 bits per heavy atom. The van der Waals surface area contributed by atoms with Crippen molar-refractivity contribution in [3.8, 4) is 5.75 Å². The predicted octanol–water partition coefficient (Wildman–Crippen LogP) is 1.24. The lowest BCUT2D eigenvalue weighted by Crippen LogP contribution is -2.19. The zero-order chi connectivity index (χ0) is 12.3. The number of aryl methyl sites for hydroxylation is 1. The van der Waals surface area contributed by atoms with Gasteiger partial charge in [-0.15, -0.1) is 13.2 Å². The Kier molecular flexibility index (Phi) is 3.71. The largest absolute Gasteiger partial charge is 0.573 e. The van der Waals surface area contributed by atoms with Crippen LogP contribution in [0.25, 0.3) is 0 Å². The van der Waals surface area contributed by atoms with Gasteiger partial charge in [0.2, 0.25) is 0 Å². The van der Waals surface area contributed by atoms with Crippen molar-refractivity contribution < 1.29 is 23.0 Å². The molecule has 1 rings (SSSR count). The molecule has 0 amide bonds. The van der Waals surface area contributed by atoms with Crippen molar-refractivity contribution in [1.29, 1.82) is 0 Å². The summed E-state index contributed by atoms with van der Waals surface area (Å²) in [4.78, 5) is 3.79. The molecule has 7 heteroatoms. The van der Waals surface area contributed by atoms with Crippen LogP contribution in [0.2, 0.25) is 0 Å². The minimum Gasteiger partial charge on any atom is -0.404 e. The summed E-state index contributed by atoms with van der Waals surface area (Å²) in [6, 6.07) is 1.14. The van der Waals surface area contributed by atoms with E-state index in [0.717, 1.165) is 6.07 Å². The Morgan fingerprint density at radius 3 is 2.56 bits per heavy atom. The zero-order valence-corrected chi connectivity index (χ0v) is 8.51. The molecule has 0 saturated heterocycles. The van der Waals surface area contributed by atoms with Gasteiger partial charge in [-0.05, 0) is 18.6 Å². The molecule has 16 heavy (non-hydrogen) atoms. The zero-order valence-electron chi connectivity index (χ0n) is 8.51. The van der Waals surface area contributed by atoms with Crippen LogP contribution in [0.1, 0.15) is 17.0 Å². The summed E-state index contributed by atoms with van der Waals surface area (Å²) in [7, 11) is 0. The third kappa shape index (κ3) is 3.07. The molecule has 1 heterocycles. The van der Waals surface area contributed by atoms with E-state index in [4.69, 9.17) is 10.8 Å². The molecule has 0 aliphatic carbocycles. The Bertz CT molecular complexity index is 380. The van der Waals surface area contributed by atoms with Crippen LogP contribution >= 0.6 is 0 Å². The predicted molar refractivity (Wildman–Crippen MR) is 49.5 cm³/mol.